The normalized spacial score (nSPS) is 10.7. The van der Waals surface area contributed by atoms with Crippen molar-refractivity contribution in [1.82, 2.24) is 9.90 Å². The Bertz CT molecular complexity index is 387. The molecule has 1 aromatic heterocycles. The van der Waals surface area contributed by atoms with Crippen LogP contribution in [0.3, 0.4) is 0 Å². The zero-order valence-corrected chi connectivity index (χ0v) is 11.1. The topological polar surface area (TPSA) is 78.9 Å². The first kappa shape index (κ1) is 13.9. The van der Waals surface area contributed by atoms with E-state index >= 15 is 0 Å². The SMILES string of the molecule is Cn1nc(Br)c(Br)[n+]1C.O=S(=O)([O-])F. The number of nitrogens with zero attached hydrogens (tertiary/aromatic N) is 3. The summed E-state index contributed by atoms with van der Waals surface area (Å²) in [5, 5.41) is 4.06. The second kappa shape index (κ2) is 5.14. The fraction of sp³-hybridized carbons (Fsp3) is 0.500. The molecule has 0 spiro atoms. The summed E-state index contributed by atoms with van der Waals surface area (Å²) in [7, 11) is -1.63. The van der Waals surface area contributed by atoms with Crippen molar-refractivity contribution in [3.8, 4) is 0 Å². The highest BCUT2D eigenvalue weighted by atomic mass is 79.9. The van der Waals surface area contributed by atoms with Crippen molar-refractivity contribution in [3.63, 3.8) is 0 Å². The fourth-order valence-corrected chi connectivity index (χ4v) is 1.29. The molecule has 0 saturated heterocycles. The summed E-state index contributed by atoms with van der Waals surface area (Å²) in [5.41, 5.74) is 0. The first-order valence-corrected chi connectivity index (χ1v) is 5.92. The number of rotatable bonds is 0. The van der Waals surface area contributed by atoms with Gasteiger partial charge in [-0.2, -0.15) is 0 Å². The predicted molar refractivity (Wildman–Crippen MR) is 50.6 cm³/mol. The Labute approximate surface area is 97.0 Å². The Balaban J connectivity index is 0.000000292. The largest absolute Gasteiger partial charge is 0.722 e. The Kier molecular flexibility index (Phi) is 5.12. The lowest BCUT2D eigenvalue weighted by Gasteiger charge is -1.84. The van der Waals surface area contributed by atoms with Crippen LogP contribution >= 0.6 is 31.9 Å². The molecule has 6 nitrogen and oxygen atoms in total. The van der Waals surface area contributed by atoms with Crippen molar-refractivity contribution < 1.29 is 21.5 Å². The van der Waals surface area contributed by atoms with E-state index in [2.05, 4.69) is 37.0 Å². The van der Waals surface area contributed by atoms with Crippen LogP contribution in [0.25, 0.3) is 0 Å². The third-order valence-corrected chi connectivity index (χ3v) is 3.08. The average Bonchev–Trinajstić information content (AvgIpc) is 2.14. The number of aromatic nitrogens is 3. The standard InChI is InChI=1S/C4H6Br2N3.FHO3S/c1-8-4(6)3(5)7-9(8)2;1-5(2,3)4/h1-2H3;(H,2,3,4)/q+1;/p-1. The number of halogens is 3. The maximum absolute atomic E-state index is 10.1. The highest BCUT2D eigenvalue weighted by molar-refractivity contribution is 9.13. The molecule has 0 fully saturated rings. The van der Waals surface area contributed by atoms with Gasteiger partial charge in [-0.1, -0.05) is 0 Å². The summed E-state index contributed by atoms with van der Waals surface area (Å²) in [4.78, 5) is 1.73. The van der Waals surface area contributed by atoms with Crippen LogP contribution in [0.15, 0.2) is 9.21 Å². The molecular formula is C4H6Br2FN3O3S. The Morgan fingerprint density at radius 3 is 2.00 bits per heavy atom. The third-order valence-electron chi connectivity index (χ3n) is 1.12. The van der Waals surface area contributed by atoms with Crippen molar-refractivity contribution in [1.29, 1.82) is 0 Å². The van der Waals surface area contributed by atoms with Gasteiger partial charge in [-0.15, -0.1) is 8.57 Å². The van der Waals surface area contributed by atoms with Crippen molar-refractivity contribution in [2.75, 3.05) is 0 Å². The van der Waals surface area contributed by atoms with Crippen LogP contribution in [0.4, 0.5) is 3.89 Å². The van der Waals surface area contributed by atoms with Gasteiger partial charge in [0.15, 0.2) is 0 Å². The zero-order valence-electron chi connectivity index (χ0n) is 7.11. The van der Waals surface area contributed by atoms with Crippen LogP contribution in [0.2, 0.25) is 0 Å². The molecule has 0 aromatic carbocycles. The molecule has 1 heterocycles. The third kappa shape index (κ3) is 5.62. The van der Waals surface area contributed by atoms with Crippen LogP contribution in [-0.2, 0) is 24.6 Å². The van der Waals surface area contributed by atoms with Crippen LogP contribution < -0.4 is 4.68 Å². The van der Waals surface area contributed by atoms with Gasteiger partial charge in [0, 0.05) is 31.9 Å². The van der Waals surface area contributed by atoms with E-state index in [-0.39, 0.29) is 0 Å². The highest BCUT2D eigenvalue weighted by Gasteiger charge is 2.15. The molecule has 1 rings (SSSR count). The number of aryl methyl sites for hydroxylation is 1. The molecule has 0 aliphatic carbocycles. The minimum Gasteiger partial charge on any atom is -0.722 e. The van der Waals surface area contributed by atoms with Gasteiger partial charge in [-0.3, -0.25) is 0 Å². The summed E-state index contributed by atoms with van der Waals surface area (Å²) < 4.78 is 39.0. The second-order valence-corrected chi connectivity index (χ2v) is 4.38. The molecule has 82 valence electrons. The monoisotopic (exact) mass is 353 g/mol. The summed E-state index contributed by atoms with van der Waals surface area (Å²) in [6, 6.07) is 0. The van der Waals surface area contributed by atoms with Gasteiger partial charge in [0.1, 0.15) is 7.05 Å². The van der Waals surface area contributed by atoms with E-state index in [4.69, 9.17) is 13.0 Å². The maximum atomic E-state index is 10.1. The lowest BCUT2D eigenvalue weighted by Crippen LogP contribution is -2.38. The summed E-state index contributed by atoms with van der Waals surface area (Å²) in [6.07, 6.45) is 0. The van der Waals surface area contributed by atoms with Crippen LogP contribution in [-0.4, -0.2) is 22.9 Å². The molecule has 0 atom stereocenters. The van der Waals surface area contributed by atoms with Crippen molar-refractivity contribution >= 4 is 42.4 Å². The first-order valence-electron chi connectivity index (χ1n) is 3.02. The molecule has 14 heavy (non-hydrogen) atoms. The maximum Gasteiger partial charge on any atom is 0.298 e. The van der Waals surface area contributed by atoms with E-state index in [1.54, 1.807) is 4.80 Å². The van der Waals surface area contributed by atoms with Gasteiger partial charge >= 0.3 is 0 Å². The summed E-state index contributed by atoms with van der Waals surface area (Å²) in [6.45, 7) is 0. The average molecular weight is 355 g/mol. The molecular weight excluding hydrogens is 349 g/mol. The molecule has 0 bridgehead atoms. The quantitative estimate of drug-likeness (QED) is 0.378. The van der Waals surface area contributed by atoms with Crippen molar-refractivity contribution in [3.05, 3.63) is 9.21 Å². The van der Waals surface area contributed by atoms with E-state index < -0.39 is 10.5 Å². The molecule has 0 saturated carbocycles. The Hall–Kier alpha value is -0.0600. The van der Waals surface area contributed by atoms with Crippen molar-refractivity contribution in [2.45, 2.75) is 0 Å². The molecule has 0 aliphatic heterocycles. The Morgan fingerprint density at radius 1 is 1.57 bits per heavy atom. The minimum absolute atomic E-state index is 0.826. The van der Waals surface area contributed by atoms with Gasteiger partial charge in [0.2, 0.25) is 4.60 Å². The van der Waals surface area contributed by atoms with Gasteiger partial charge in [0.25, 0.3) is 15.1 Å². The fourth-order valence-electron chi connectivity index (χ4n) is 0.496. The second-order valence-electron chi connectivity index (χ2n) is 2.09. The summed E-state index contributed by atoms with van der Waals surface area (Å²) >= 11 is 6.60. The van der Waals surface area contributed by atoms with E-state index in [1.807, 2.05) is 18.8 Å². The highest BCUT2D eigenvalue weighted by Crippen LogP contribution is 2.14. The smallest absolute Gasteiger partial charge is 0.298 e. The van der Waals surface area contributed by atoms with Crippen LogP contribution in [0.1, 0.15) is 0 Å². The minimum atomic E-state index is -5.42. The van der Waals surface area contributed by atoms with E-state index in [9.17, 15) is 3.89 Å². The van der Waals surface area contributed by atoms with Gasteiger partial charge in [-0.25, -0.2) is 8.42 Å². The Morgan fingerprint density at radius 2 is 1.93 bits per heavy atom. The van der Waals surface area contributed by atoms with E-state index in [1.165, 1.54) is 0 Å². The molecule has 10 heteroatoms. The number of hydrogen-bond acceptors (Lipinski definition) is 4. The van der Waals surface area contributed by atoms with E-state index in [0.29, 0.717) is 0 Å². The van der Waals surface area contributed by atoms with Gasteiger partial charge < -0.3 is 4.55 Å². The van der Waals surface area contributed by atoms with Crippen LogP contribution in [0, 0.1) is 0 Å². The zero-order chi connectivity index (χ0) is 11.5. The van der Waals surface area contributed by atoms with Crippen LogP contribution in [0.5, 0.6) is 0 Å². The van der Waals surface area contributed by atoms with Gasteiger partial charge in [0.05, 0.1) is 12.1 Å². The van der Waals surface area contributed by atoms with E-state index in [0.717, 1.165) is 9.21 Å². The number of hydrogen-bond donors (Lipinski definition) is 0. The predicted octanol–water partition coefficient (Wildman–Crippen LogP) is 0.186. The molecule has 0 amide bonds. The molecule has 0 radical (unpaired) electrons. The molecule has 0 aliphatic rings. The first-order chi connectivity index (χ1) is 6.13. The lowest BCUT2D eigenvalue weighted by atomic mass is 10.9. The van der Waals surface area contributed by atoms with Gasteiger partial charge in [-0.05, 0) is 4.80 Å². The van der Waals surface area contributed by atoms with Crippen molar-refractivity contribution in [2.24, 2.45) is 14.1 Å². The molecule has 0 unspecified atom stereocenters. The molecule has 1 aromatic rings. The summed E-state index contributed by atoms with van der Waals surface area (Å²) in [5.74, 6) is 0. The molecule has 0 N–H and O–H groups in total. The lowest BCUT2D eigenvalue weighted by molar-refractivity contribution is -0.765.